The second-order valence-corrected chi connectivity index (χ2v) is 7.63. The summed E-state index contributed by atoms with van der Waals surface area (Å²) in [6.45, 7) is 4.63. The second-order valence-electron chi connectivity index (χ2n) is 5.71. The van der Waals surface area contributed by atoms with Gasteiger partial charge in [0.05, 0.1) is 10.0 Å². The van der Waals surface area contributed by atoms with Gasteiger partial charge < -0.3 is 10.1 Å². The number of amides is 1. The van der Waals surface area contributed by atoms with Crippen LogP contribution >= 0.6 is 35.0 Å². The zero-order valence-electron chi connectivity index (χ0n) is 14.3. The molecule has 0 saturated carbocycles. The third-order valence-corrected chi connectivity index (χ3v) is 5.28. The Bertz CT molecular complexity index is 737. The lowest BCUT2D eigenvalue weighted by Crippen LogP contribution is -2.30. The zero-order valence-corrected chi connectivity index (χ0v) is 16.6. The highest BCUT2D eigenvalue weighted by Crippen LogP contribution is 2.24. The Kier molecular flexibility index (Phi) is 7.94. The summed E-state index contributed by atoms with van der Waals surface area (Å²) in [7, 11) is 0. The fraction of sp³-hybridized carbons (Fsp3) is 0.316. The molecule has 0 unspecified atom stereocenters. The molecule has 0 aliphatic carbocycles. The first-order chi connectivity index (χ1) is 12.0. The summed E-state index contributed by atoms with van der Waals surface area (Å²) in [5, 5.41) is 3.99. The number of hydrogen-bond donors (Lipinski definition) is 1. The summed E-state index contributed by atoms with van der Waals surface area (Å²) in [5.74, 6) is 2.27. The van der Waals surface area contributed by atoms with E-state index in [0.717, 1.165) is 28.4 Å². The molecular formula is C19H21Cl2NO2S. The summed E-state index contributed by atoms with van der Waals surface area (Å²) in [6, 6.07) is 11.5. The molecule has 2 rings (SSSR count). The van der Waals surface area contributed by atoms with Gasteiger partial charge in [-0.15, -0.1) is 0 Å². The quantitative estimate of drug-likeness (QED) is 0.634. The van der Waals surface area contributed by atoms with Crippen molar-refractivity contribution in [2.75, 3.05) is 18.9 Å². The third kappa shape index (κ3) is 6.81. The van der Waals surface area contributed by atoms with Crippen LogP contribution in [-0.4, -0.2) is 24.8 Å². The molecule has 25 heavy (non-hydrogen) atoms. The van der Waals surface area contributed by atoms with E-state index < -0.39 is 0 Å². The number of hydrogen-bond acceptors (Lipinski definition) is 3. The second kappa shape index (κ2) is 9.95. The Morgan fingerprint density at radius 2 is 1.92 bits per heavy atom. The van der Waals surface area contributed by atoms with Crippen LogP contribution in [0.25, 0.3) is 0 Å². The van der Waals surface area contributed by atoms with E-state index in [1.165, 1.54) is 5.56 Å². The Morgan fingerprint density at radius 3 is 2.64 bits per heavy atom. The number of rotatable bonds is 8. The van der Waals surface area contributed by atoms with Gasteiger partial charge in [-0.1, -0.05) is 47.0 Å². The van der Waals surface area contributed by atoms with Gasteiger partial charge in [0.25, 0.3) is 5.91 Å². The van der Waals surface area contributed by atoms with Crippen LogP contribution in [0, 0.1) is 13.8 Å². The highest BCUT2D eigenvalue weighted by molar-refractivity contribution is 7.98. The van der Waals surface area contributed by atoms with Gasteiger partial charge in [-0.25, -0.2) is 0 Å². The van der Waals surface area contributed by atoms with E-state index in [4.69, 9.17) is 27.9 Å². The molecule has 6 heteroatoms. The SMILES string of the molecule is Cc1ccc(OCC(=O)NCCSCc2ccc(Cl)c(Cl)c2)c(C)c1. The van der Waals surface area contributed by atoms with Crippen molar-refractivity contribution in [2.45, 2.75) is 19.6 Å². The Morgan fingerprint density at radius 1 is 1.12 bits per heavy atom. The highest BCUT2D eigenvalue weighted by Gasteiger charge is 2.05. The highest BCUT2D eigenvalue weighted by atomic mass is 35.5. The van der Waals surface area contributed by atoms with Crippen molar-refractivity contribution < 1.29 is 9.53 Å². The molecule has 134 valence electrons. The van der Waals surface area contributed by atoms with Crippen molar-refractivity contribution in [2.24, 2.45) is 0 Å². The molecule has 0 spiro atoms. The van der Waals surface area contributed by atoms with Crippen LogP contribution in [0.4, 0.5) is 0 Å². The van der Waals surface area contributed by atoms with Crippen LogP contribution < -0.4 is 10.1 Å². The summed E-state index contributed by atoms with van der Waals surface area (Å²) < 4.78 is 5.56. The molecule has 0 atom stereocenters. The minimum atomic E-state index is -0.116. The van der Waals surface area contributed by atoms with Crippen LogP contribution in [0.2, 0.25) is 10.0 Å². The molecule has 1 N–H and O–H groups in total. The first-order valence-electron chi connectivity index (χ1n) is 7.94. The summed E-state index contributed by atoms with van der Waals surface area (Å²) in [5.41, 5.74) is 3.32. The summed E-state index contributed by atoms with van der Waals surface area (Å²) in [6.07, 6.45) is 0. The monoisotopic (exact) mass is 397 g/mol. The van der Waals surface area contributed by atoms with Crippen LogP contribution in [0.3, 0.4) is 0 Å². The summed E-state index contributed by atoms with van der Waals surface area (Å²) >= 11 is 13.6. The molecule has 2 aromatic rings. The van der Waals surface area contributed by atoms with Gasteiger partial charge in [0.2, 0.25) is 0 Å². The lowest BCUT2D eigenvalue weighted by atomic mass is 10.1. The van der Waals surface area contributed by atoms with E-state index in [9.17, 15) is 4.79 Å². The van der Waals surface area contributed by atoms with Gasteiger partial charge in [-0.05, 0) is 43.2 Å². The smallest absolute Gasteiger partial charge is 0.257 e. The van der Waals surface area contributed by atoms with Crippen LogP contribution in [-0.2, 0) is 10.5 Å². The normalized spacial score (nSPS) is 10.6. The van der Waals surface area contributed by atoms with Gasteiger partial charge in [0.1, 0.15) is 5.75 Å². The van der Waals surface area contributed by atoms with E-state index in [2.05, 4.69) is 5.32 Å². The average Bonchev–Trinajstić information content (AvgIpc) is 2.57. The molecule has 0 bridgehead atoms. The first-order valence-corrected chi connectivity index (χ1v) is 9.85. The number of carbonyl (C=O) groups excluding carboxylic acids is 1. The first kappa shape index (κ1) is 20.0. The maximum atomic E-state index is 11.8. The number of benzene rings is 2. The Balaban J connectivity index is 1.62. The fourth-order valence-corrected chi connectivity index (χ4v) is 3.36. The number of thioether (sulfide) groups is 1. The molecule has 0 heterocycles. The Hall–Kier alpha value is -1.36. The maximum Gasteiger partial charge on any atom is 0.257 e. The molecule has 0 fully saturated rings. The van der Waals surface area contributed by atoms with Crippen molar-refractivity contribution in [1.29, 1.82) is 0 Å². The van der Waals surface area contributed by atoms with Crippen LogP contribution in [0.5, 0.6) is 5.75 Å². The number of carbonyl (C=O) groups is 1. The zero-order chi connectivity index (χ0) is 18.2. The largest absolute Gasteiger partial charge is 0.484 e. The maximum absolute atomic E-state index is 11.8. The molecule has 1 amide bonds. The molecule has 2 aromatic carbocycles. The molecule has 0 radical (unpaired) electrons. The molecule has 0 aliphatic rings. The van der Waals surface area contributed by atoms with Gasteiger partial charge in [-0.3, -0.25) is 4.79 Å². The number of nitrogens with one attached hydrogen (secondary N) is 1. The van der Waals surface area contributed by atoms with E-state index in [1.807, 2.05) is 44.2 Å². The molecule has 0 saturated heterocycles. The molecular weight excluding hydrogens is 377 g/mol. The Labute approximate surface area is 163 Å². The van der Waals surface area contributed by atoms with Crippen molar-refractivity contribution in [3.05, 3.63) is 63.1 Å². The number of aryl methyl sites for hydroxylation is 2. The van der Waals surface area contributed by atoms with E-state index >= 15 is 0 Å². The van der Waals surface area contributed by atoms with Crippen LogP contribution in [0.1, 0.15) is 16.7 Å². The topological polar surface area (TPSA) is 38.3 Å². The fourth-order valence-electron chi connectivity index (χ4n) is 2.24. The summed E-state index contributed by atoms with van der Waals surface area (Å²) in [4.78, 5) is 11.8. The van der Waals surface area contributed by atoms with Crippen molar-refractivity contribution >= 4 is 40.9 Å². The molecule has 0 aromatic heterocycles. The lowest BCUT2D eigenvalue weighted by molar-refractivity contribution is -0.122. The van der Waals surface area contributed by atoms with Gasteiger partial charge in [-0.2, -0.15) is 11.8 Å². The molecule has 3 nitrogen and oxygen atoms in total. The third-order valence-electron chi connectivity index (χ3n) is 3.51. The minimum Gasteiger partial charge on any atom is -0.484 e. The molecule has 0 aliphatic heterocycles. The van der Waals surface area contributed by atoms with Gasteiger partial charge >= 0.3 is 0 Å². The van der Waals surface area contributed by atoms with Crippen molar-refractivity contribution in [3.8, 4) is 5.75 Å². The van der Waals surface area contributed by atoms with E-state index in [0.29, 0.717) is 16.6 Å². The van der Waals surface area contributed by atoms with Crippen LogP contribution in [0.15, 0.2) is 36.4 Å². The van der Waals surface area contributed by atoms with E-state index in [1.54, 1.807) is 17.8 Å². The number of halogens is 2. The standard InChI is InChI=1S/C19H21Cl2NO2S/c1-13-3-6-18(14(2)9-13)24-11-19(23)22-7-8-25-12-15-4-5-16(20)17(21)10-15/h3-6,9-10H,7-8,11-12H2,1-2H3,(H,22,23). The number of ether oxygens (including phenoxy) is 1. The average molecular weight is 398 g/mol. The van der Waals surface area contributed by atoms with Crippen molar-refractivity contribution in [3.63, 3.8) is 0 Å². The predicted octanol–water partition coefficient (Wildman–Crippen LogP) is 5.04. The van der Waals surface area contributed by atoms with Gasteiger partial charge in [0, 0.05) is 18.1 Å². The predicted molar refractivity (Wildman–Crippen MR) is 107 cm³/mol. The lowest BCUT2D eigenvalue weighted by Gasteiger charge is -2.10. The minimum absolute atomic E-state index is 0.0291. The van der Waals surface area contributed by atoms with E-state index in [-0.39, 0.29) is 12.5 Å². The van der Waals surface area contributed by atoms with Crippen molar-refractivity contribution in [1.82, 2.24) is 5.32 Å². The van der Waals surface area contributed by atoms with Gasteiger partial charge in [0.15, 0.2) is 6.61 Å².